The van der Waals surface area contributed by atoms with Crippen LogP contribution in [0.15, 0.2) is 29.2 Å². The zero-order valence-electron chi connectivity index (χ0n) is 10.5. The molecule has 2 N–H and O–H groups in total. The largest absolute Gasteiger partial charge is 0.366 e. The smallest absolute Gasteiger partial charge is 0.254 e. The second kappa shape index (κ2) is 7.59. The Balaban J connectivity index is 0.00000180. The molecule has 0 spiro atoms. The second-order valence-corrected chi connectivity index (χ2v) is 5.41. The summed E-state index contributed by atoms with van der Waals surface area (Å²) in [5.41, 5.74) is 0.641. The van der Waals surface area contributed by atoms with Gasteiger partial charge in [0, 0.05) is 40.7 Å². The van der Waals surface area contributed by atoms with E-state index in [0.29, 0.717) is 23.7 Å². The number of nitrogens with one attached hydrogen (secondary N) is 2. The number of hydrogen-bond acceptors (Lipinski definition) is 4. The van der Waals surface area contributed by atoms with E-state index < -0.39 is 16.9 Å². The van der Waals surface area contributed by atoms with E-state index in [1.165, 1.54) is 0 Å². The Morgan fingerprint density at radius 2 is 2.32 bits per heavy atom. The Labute approximate surface area is 121 Å². The summed E-state index contributed by atoms with van der Waals surface area (Å²) in [6.07, 6.45) is 1.14. The fourth-order valence-corrected chi connectivity index (χ4v) is 2.27. The summed E-state index contributed by atoms with van der Waals surface area (Å²) in [7, 11) is -1.05. The molecular formula is C12H17ClN2O3S. The molecule has 0 saturated carbocycles. The van der Waals surface area contributed by atoms with Crippen molar-refractivity contribution in [3.63, 3.8) is 0 Å². The molecular weight excluding hydrogens is 288 g/mol. The highest BCUT2D eigenvalue weighted by atomic mass is 35.5. The minimum Gasteiger partial charge on any atom is -0.366 e. The molecule has 1 heterocycles. The van der Waals surface area contributed by atoms with E-state index in [1.807, 2.05) is 0 Å². The number of anilines is 1. The van der Waals surface area contributed by atoms with Crippen molar-refractivity contribution in [2.45, 2.75) is 11.0 Å². The monoisotopic (exact) mass is 304 g/mol. The summed E-state index contributed by atoms with van der Waals surface area (Å²) < 4.78 is 16.7. The van der Waals surface area contributed by atoms with Gasteiger partial charge in [0.2, 0.25) is 0 Å². The van der Waals surface area contributed by atoms with Gasteiger partial charge in [0.15, 0.2) is 0 Å². The van der Waals surface area contributed by atoms with Crippen LogP contribution in [-0.4, -0.2) is 42.2 Å². The number of morpholine rings is 1. The van der Waals surface area contributed by atoms with Gasteiger partial charge in [-0.3, -0.25) is 9.00 Å². The van der Waals surface area contributed by atoms with Crippen molar-refractivity contribution < 1.29 is 13.7 Å². The van der Waals surface area contributed by atoms with E-state index in [4.69, 9.17) is 4.74 Å². The standard InChI is InChI=1S/C12H16N2O3S.ClH/c1-18(16)10-4-2-3-9(7-10)14-12(15)11-8-13-5-6-17-11;/h2-4,7,11,13H,5-6,8H2,1H3,(H,14,15);1H. The van der Waals surface area contributed by atoms with Crippen molar-refractivity contribution >= 4 is 34.8 Å². The molecule has 1 aliphatic heterocycles. The van der Waals surface area contributed by atoms with Gasteiger partial charge < -0.3 is 15.4 Å². The highest BCUT2D eigenvalue weighted by Crippen LogP contribution is 2.14. The predicted octanol–water partition coefficient (Wildman–Crippen LogP) is 0.773. The van der Waals surface area contributed by atoms with E-state index >= 15 is 0 Å². The number of ether oxygens (including phenoxy) is 1. The van der Waals surface area contributed by atoms with Gasteiger partial charge in [0.05, 0.1) is 6.61 Å². The molecule has 2 unspecified atom stereocenters. The number of halogens is 1. The molecule has 1 saturated heterocycles. The first-order chi connectivity index (χ1) is 8.66. The highest BCUT2D eigenvalue weighted by Gasteiger charge is 2.21. The lowest BCUT2D eigenvalue weighted by atomic mass is 10.2. The molecule has 2 atom stereocenters. The fourth-order valence-electron chi connectivity index (χ4n) is 1.71. The lowest BCUT2D eigenvalue weighted by molar-refractivity contribution is -0.128. The van der Waals surface area contributed by atoms with Gasteiger partial charge in [-0.05, 0) is 18.2 Å². The van der Waals surface area contributed by atoms with E-state index in [0.717, 1.165) is 6.54 Å². The summed E-state index contributed by atoms with van der Waals surface area (Å²) in [6, 6.07) is 7.02. The van der Waals surface area contributed by atoms with Gasteiger partial charge in [-0.2, -0.15) is 0 Å². The predicted molar refractivity (Wildman–Crippen MR) is 77.3 cm³/mol. The maximum atomic E-state index is 11.9. The van der Waals surface area contributed by atoms with Crippen LogP contribution >= 0.6 is 12.4 Å². The number of rotatable bonds is 3. The Kier molecular flexibility index (Phi) is 6.44. The van der Waals surface area contributed by atoms with Gasteiger partial charge in [-0.25, -0.2) is 0 Å². The van der Waals surface area contributed by atoms with Crippen molar-refractivity contribution in [1.82, 2.24) is 5.32 Å². The molecule has 19 heavy (non-hydrogen) atoms. The summed E-state index contributed by atoms with van der Waals surface area (Å²) in [6.45, 7) is 1.83. The number of carbonyl (C=O) groups excluding carboxylic acids is 1. The number of carbonyl (C=O) groups is 1. The van der Waals surface area contributed by atoms with Crippen LogP contribution in [0.25, 0.3) is 0 Å². The maximum absolute atomic E-state index is 11.9. The summed E-state index contributed by atoms with van der Waals surface area (Å²) >= 11 is 0. The first kappa shape index (κ1) is 16.1. The zero-order valence-corrected chi connectivity index (χ0v) is 12.2. The Hall–Kier alpha value is -0.950. The van der Waals surface area contributed by atoms with Crippen LogP contribution in [0, 0.1) is 0 Å². The quantitative estimate of drug-likeness (QED) is 0.866. The van der Waals surface area contributed by atoms with Crippen LogP contribution in [0.2, 0.25) is 0 Å². The lowest BCUT2D eigenvalue weighted by Crippen LogP contribution is -2.45. The average molecular weight is 305 g/mol. The van der Waals surface area contributed by atoms with Gasteiger partial charge in [0.25, 0.3) is 5.91 Å². The van der Waals surface area contributed by atoms with Crippen molar-refractivity contribution in [3.05, 3.63) is 24.3 Å². The summed E-state index contributed by atoms with van der Waals surface area (Å²) in [4.78, 5) is 12.6. The van der Waals surface area contributed by atoms with E-state index in [2.05, 4.69) is 10.6 Å². The van der Waals surface area contributed by atoms with Crippen LogP contribution < -0.4 is 10.6 Å². The molecule has 2 rings (SSSR count). The number of amides is 1. The second-order valence-electron chi connectivity index (χ2n) is 4.03. The number of hydrogen-bond donors (Lipinski definition) is 2. The molecule has 1 aliphatic rings. The molecule has 1 aromatic carbocycles. The molecule has 106 valence electrons. The third kappa shape index (κ3) is 4.58. The summed E-state index contributed by atoms with van der Waals surface area (Å²) in [5.74, 6) is -0.179. The van der Waals surface area contributed by atoms with Gasteiger partial charge >= 0.3 is 0 Å². The topological polar surface area (TPSA) is 67.4 Å². The summed E-state index contributed by atoms with van der Waals surface area (Å²) in [5, 5.41) is 5.87. The number of benzene rings is 1. The third-order valence-electron chi connectivity index (χ3n) is 2.65. The first-order valence-electron chi connectivity index (χ1n) is 5.73. The van der Waals surface area contributed by atoms with Crippen LogP contribution in [0.4, 0.5) is 5.69 Å². The van der Waals surface area contributed by atoms with E-state index in [9.17, 15) is 9.00 Å². The van der Waals surface area contributed by atoms with Crippen molar-refractivity contribution in [3.8, 4) is 0 Å². The lowest BCUT2D eigenvalue weighted by Gasteiger charge is -2.22. The van der Waals surface area contributed by atoms with Gasteiger partial charge in [-0.1, -0.05) is 6.07 Å². The average Bonchev–Trinajstić information content (AvgIpc) is 2.40. The molecule has 1 aromatic rings. The molecule has 0 aliphatic carbocycles. The Morgan fingerprint density at radius 1 is 1.53 bits per heavy atom. The van der Waals surface area contributed by atoms with Crippen LogP contribution in [0.3, 0.4) is 0 Å². The van der Waals surface area contributed by atoms with E-state index in [-0.39, 0.29) is 18.3 Å². The van der Waals surface area contributed by atoms with E-state index in [1.54, 1.807) is 30.5 Å². The minimum atomic E-state index is -1.05. The van der Waals surface area contributed by atoms with Crippen molar-refractivity contribution in [2.75, 3.05) is 31.3 Å². The van der Waals surface area contributed by atoms with Gasteiger partial charge in [0.1, 0.15) is 6.10 Å². The maximum Gasteiger partial charge on any atom is 0.254 e. The minimum absolute atomic E-state index is 0. The van der Waals surface area contributed by atoms with Crippen LogP contribution in [0.1, 0.15) is 0 Å². The molecule has 1 fully saturated rings. The highest BCUT2D eigenvalue weighted by molar-refractivity contribution is 7.84. The Bertz CT molecular complexity index is 464. The molecule has 1 amide bonds. The molecule has 0 bridgehead atoms. The SMILES string of the molecule is CS(=O)c1cccc(NC(=O)C2CNCCO2)c1.Cl. The van der Waals surface area contributed by atoms with Crippen molar-refractivity contribution in [2.24, 2.45) is 0 Å². The van der Waals surface area contributed by atoms with Crippen molar-refractivity contribution in [1.29, 1.82) is 0 Å². The third-order valence-corrected chi connectivity index (χ3v) is 3.57. The molecule has 5 nitrogen and oxygen atoms in total. The normalized spacial score (nSPS) is 20.2. The fraction of sp³-hybridized carbons (Fsp3) is 0.417. The molecule has 0 aromatic heterocycles. The van der Waals surface area contributed by atoms with Crippen LogP contribution in [0.5, 0.6) is 0 Å². The Morgan fingerprint density at radius 3 is 2.95 bits per heavy atom. The molecule has 7 heteroatoms. The van der Waals surface area contributed by atoms with Crippen LogP contribution in [-0.2, 0) is 20.3 Å². The first-order valence-corrected chi connectivity index (χ1v) is 7.29. The van der Waals surface area contributed by atoms with Gasteiger partial charge in [-0.15, -0.1) is 12.4 Å². The molecule has 0 radical (unpaired) electrons. The zero-order chi connectivity index (χ0) is 13.0.